The molecule has 28 heavy (non-hydrogen) atoms. The Morgan fingerprint density at radius 2 is 2.00 bits per heavy atom. The quantitative estimate of drug-likeness (QED) is 0.604. The Kier molecular flexibility index (Phi) is 5.66. The lowest BCUT2D eigenvalue weighted by Crippen LogP contribution is -2.39. The highest BCUT2D eigenvalue weighted by molar-refractivity contribution is 9.10. The van der Waals surface area contributed by atoms with Gasteiger partial charge in [-0.1, -0.05) is 45.9 Å². The third kappa shape index (κ3) is 4.21. The van der Waals surface area contributed by atoms with Crippen molar-refractivity contribution in [2.24, 2.45) is 4.99 Å². The predicted octanol–water partition coefficient (Wildman–Crippen LogP) is 3.74. The molecule has 1 fully saturated rings. The summed E-state index contributed by atoms with van der Waals surface area (Å²) in [6.07, 6.45) is 0. The number of para-hydroxylation sites is 1. The summed E-state index contributed by atoms with van der Waals surface area (Å²) < 4.78 is 45.1. The fraction of sp³-hybridized carbons (Fsp3) is 0.316. The number of aliphatic imine (C=N–C) groups is 1. The number of sulfone groups is 1. The van der Waals surface area contributed by atoms with Crippen LogP contribution in [0, 0.1) is 5.82 Å². The van der Waals surface area contributed by atoms with Crippen molar-refractivity contribution in [3.05, 3.63) is 58.8 Å². The van der Waals surface area contributed by atoms with Crippen LogP contribution in [0.25, 0.3) is 0 Å². The summed E-state index contributed by atoms with van der Waals surface area (Å²) in [4.78, 5) is 6.34. The lowest BCUT2D eigenvalue weighted by Gasteiger charge is -2.27. The summed E-state index contributed by atoms with van der Waals surface area (Å²) in [5.41, 5.74) is 0.350. The maximum atomic E-state index is 14.6. The molecule has 148 valence electrons. The molecule has 2 aromatic carbocycles. The Labute approximate surface area is 176 Å². The highest BCUT2D eigenvalue weighted by Gasteiger charge is 2.47. The molecule has 0 saturated carbocycles. The summed E-state index contributed by atoms with van der Waals surface area (Å²) in [5.74, 6) is 0.996. The Morgan fingerprint density at radius 3 is 2.75 bits per heavy atom. The van der Waals surface area contributed by atoms with Crippen LogP contribution in [0.1, 0.15) is 0 Å². The predicted molar refractivity (Wildman–Crippen MR) is 115 cm³/mol. The van der Waals surface area contributed by atoms with Gasteiger partial charge >= 0.3 is 0 Å². The molecule has 0 aromatic heterocycles. The van der Waals surface area contributed by atoms with Crippen LogP contribution in [0.4, 0.5) is 10.1 Å². The fourth-order valence-electron chi connectivity index (χ4n) is 3.40. The number of hydrogen-bond donors (Lipinski definition) is 0. The lowest BCUT2D eigenvalue weighted by atomic mass is 10.1. The van der Waals surface area contributed by atoms with Gasteiger partial charge in [-0.25, -0.2) is 12.8 Å². The monoisotopic (exact) mass is 484 g/mol. The lowest BCUT2D eigenvalue weighted by molar-refractivity contribution is 0.344. The molecule has 1 saturated heterocycles. The number of hydrogen-bond acceptors (Lipinski definition) is 6. The number of anilines is 1. The van der Waals surface area contributed by atoms with Gasteiger partial charge in [-0.15, -0.1) is 0 Å². The van der Waals surface area contributed by atoms with Crippen LogP contribution >= 0.6 is 27.7 Å². The standard InChI is InChI=1S/C19H18BrFN2O3S2/c20-13-6-7-17(15(21)10-13)23-18-12-28(24,25)11-16(18)22-19(23)27-9-8-26-14-4-2-1-3-5-14/h1-7,10,16,18H,8-9,11-12H2/t16-,18+/m1/s1. The fourth-order valence-corrected chi connectivity index (χ4v) is 6.51. The molecule has 2 aliphatic rings. The van der Waals surface area contributed by atoms with E-state index in [-0.39, 0.29) is 23.6 Å². The molecule has 2 aliphatic heterocycles. The van der Waals surface area contributed by atoms with Gasteiger partial charge in [0, 0.05) is 10.2 Å². The molecule has 2 aromatic rings. The highest BCUT2D eigenvalue weighted by atomic mass is 79.9. The largest absolute Gasteiger partial charge is 0.493 e. The third-order valence-electron chi connectivity index (χ3n) is 4.60. The number of amidine groups is 1. The van der Waals surface area contributed by atoms with Gasteiger partial charge in [0.25, 0.3) is 0 Å². The number of thioether (sulfide) groups is 1. The van der Waals surface area contributed by atoms with Crippen molar-refractivity contribution in [1.82, 2.24) is 0 Å². The van der Waals surface area contributed by atoms with E-state index in [1.807, 2.05) is 30.3 Å². The molecule has 0 N–H and O–H groups in total. The van der Waals surface area contributed by atoms with E-state index in [0.29, 0.717) is 27.7 Å². The number of benzene rings is 2. The van der Waals surface area contributed by atoms with Gasteiger partial charge in [-0.2, -0.15) is 0 Å². The van der Waals surface area contributed by atoms with Crippen molar-refractivity contribution in [2.75, 3.05) is 28.8 Å². The second kappa shape index (κ2) is 8.04. The molecule has 4 rings (SSSR count). The normalized spacial score (nSPS) is 22.8. The van der Waals surface area contributed by atoms with E-state index in [9.17, 15) is 12.8 Å². The maximum Gasteiger partial charge on any atom is 0.164 e. The van der Waals surface area contributed by atoms with Crippen LogP contribution in [0.2, 0.25) is 0 Å². The molecule has 9 heteroatoms. The first-order valence-corrected chi connectivity index (χ1v) is 12.4. The molecule has 2 heterocycles. The Balaban J connectivity index is 1.50. The summed E-state index contributed by atoms with van der Waals surface area (Å²) in [7, 11) is -3.17. The zero-order valence-corrected chi connectivity index (χ0v) is 18.0. The van der Waals surface area contributed by atoms with Crippen molar-refractivity contribution in [1.29, 1.82) is 0 Å². The van der Waals surface area contributed by atoms with Crippen LogP contribution in [0.3, 0.4) is 0 Å². The molecule has 0 spiro atoms. The van der Waals surface area contributed by atoms with Crippen molar-refractivity contribution in [3.63, 3.8) is 0 Å². The van der Waals surface area contributed by atoms with E-state index in [1.165, 1.54) is 17.8 Å². The first kappa shape index (κ1) is 19.7. The number of fused-ring (bicyclic) bond motifs is 1. The molecule has 0 aliphatic carbocycles. The van der Waals surface area contributed by atoms with Gasteiger partial charge in [0.1, 0.15) is 11.6 Å². The van der Waals surface area contributed by atoms with Gasteiger partial charge in [-0.3, -0.25) is 4.99 Å². The second-order valence-corrected chi connectivity index (χ2v) is 10.7. The first-order valence-electron chi connectivity index (χ1n) is 8.76. The average Bonchev–Trinajstić information content (AvgIpc) is 3.11. The average molecular weight is 485 g/mol. The van der Waals surface area contributed by atoms with Crippen LogP contribution in [-0.2, 0) is 9.84 Å². The minimum atomic E-state index is -3.17. The minimum absolute atomic E-state index is 0.0108. The first-order chi connectivity index (χ1) is 13.4. The van der Waals surface area contributed by atoms with Gasteiger partial charge in [0.15, 0.2) is 15.0 Å². The summed E-state index contributed by atoms with van der Waals surface area (Å²) in [6, 6.07) is 13.6. The van der Waals surface area contributed by atoms with Crippen LogP contribution in [0.15, 0.2) is 58.0 Å². The zero-order valence-electron chi connectivity index (χ0n) is 14.8. The van der Waals surface area contributed by atoms with Crippen LogP contribution in [0.5, 0.6) is 5.75 Å². The van der Waals surface area contributed by atoms with Gasteiger partial charge in [-0.05, 0) is 30.3 Å². The van der Waals surface area contributed by atoms with E-state index < -0.39 is 15.7 Å². The van der Waals surface area contributed by atoms with Gasteiger partial charge in [0.2, 0.25) is 0 Å². The molecule has 0 radical (unpaired) electrons. The number of rotatable bonds is 5. The third-order valence-corrected chi connectivity index (χ3v) is 7.73. The number of halogens is 2. The molecular formula is C19H18BrFN2O3S2. The SMILES string of the molecule is O=S1(=O)C[C@H]2N=C(SCCOc3ccccc3)N(c3ccc(Br)cc3F)[C@H]2C1. The smallest absolute Gasteiger partial charge is 0.164 e. The second-order valence-electron chi connectivity index (χ2n) is 6.60. The van der Waals surface area contributed by atoms with Gasteiger partial charge < -0.3 is 9.64 Å². The maximum absolute atomic E-state index is 14.6. The molecular weight excluding hydrogens is 467 g/mol. The number of nitrogens with zero attached hydrogens (tertiary/aromatic N) is 2. The minimum Gasteiger partial charge on any atom is -0.493 e. The summed E-state index contributed by atoms with van der Waals surface area (Å²) >= 11 is 4.72. The molecule has 0 unspecified atom stereocenters. The van der Waals surface area contributed by atoms with Gasteiger partial charge in [0.05, 0.1) is 35.9 Å². The van der Waals surface area contributed by atoms with Crippen molar-refractivity contribution < 1.29 is 17.5 Å². The Hall–Kier alpha value is -1.58. The molecule has 0 amide bonds. The Bertz CT molecular complexity index is 1000. The van der Waals surface area contributed by atoms with E-state index in [1.54, 1.807) is 17.0 Å². The summed E-state index contributed by atoms with van der Waals surface area (Å²) in [6.45, 7) is 0.470. The molecule has 2 atom stereocenters. The van der Waals surface area contributed by atoms with Crippen LogP contribution in [-0.4, -0.2) is 49.5 Å². The van der Waals surface area contributed by atoms with E-state index >= 15 is 0 Å². The van der Waals surface area contributed by atoms with Crippen molar-refractivity contribution in [3.8, 4) is 5.75 Å². The van der Waals surface area contributed by atoms with E-state index in [2.05, 4.69) is 20.9 Å². The van der Waals surface area contributed by atoms with Crippen molar-refractivity contribution in [2.45, 2.75) is 12.1 Å². The topological polar surface area (TPSA) is 59.0 Å². The van der Waals surface area contributed by atoms with Crippen LogP contribution < -0.4 is 9.64 Å². The van der Waals surface area contributed by atoms with Crippen molar-refractivity contribution >= 4 is 48.4 Å². The van der Waals surface area contributed by atoms with E-state index in [0.717, 1.165) is 5.75 Å². The summed E-state index contributed by atoms with van der Waals surface area (Å²) in [5, 5.41) is 0.641. The Morgan fingerprint density at radius 1 is 1.21 bits per heavy atom. The zero-order chi connectivity index (χ0) is 19.7. The number of ether oxygens (including phenoxy) is 1. The molecule has 0 bridgehead atoms. The highest BCUT2D eigenvalue weighted by Crippen LogP contribution is 2.37. The molecule has 5 nitrogen and oxygen atoms in total. The van der Waals surface area contributed by atoms with E-state index in [4.69, 9.17) is 4.74 Å².